The van der Waals surface area contributed by atoms with Crippen LogP contribution < -0.4 is 0 Å². The normalized spacial score (nSPS) is 31.3. The molecular weight excluding hydrogens is 769 g/mol. The lowest BCUT2D eigenvalue weighted by Crippen LogP contribution is -2.66. The minimum Gasteiger partial charge on any atom is -0.0622 e. The molecule has 8 bridgehead atoms. The lowest BCUT2D eigenvalue weighted by atomic mass is 9.30. The Hall–Kier alpha value is -5.72. The SMILES string of the molecule is C(=C\c1ccc(C23CC4CC(C2)CC(C25CC6CC(CC(c7ccc(/C=C/c8ccccc8)c(/C=C/c8ccccc8)c7)(C6)C2)C5)(C4)C3)cc1/C=C/c1ccccc1)/c1ccccc1. The summed E-state index contributed by atoms with van der Waals surface area (Å²) in [6, 6.07) is 58.7. The molecule has 14 rings (SSSR count). The monoisotopic (exact) mass is 830 g/mol. The van der Waals surface area contributed by atoms with Gasteiger partial charge in [-0.05, 0) is 178 Å². The molecule has 0 heterocycles. The van der Waals surface area contributed by atoms with Crippen molar-refractivity contribution in [3.63, 3.8) is 0 Å². The van der Waals surface area contributed by atoms with Crippen molar-refractivity contribution >= 4 is 48.6 Å². The number of hydrogen-bond donors (Lipinski definition) is 0. The van der Waals surface area contributed by atoms with E-state index in [1.54, 1.807) is 11.1 Å². The highest BCUT2D eigenvalue weighted by atomic mass is 14.7. The summed E-state index contributed by atoms with van der Waals surface area (Å²) in [5.41, 5.74) is 15.0. The van der Waals surface area contributed by atoms with Gasteiger partial charge in [-0.3, -0.25) is 0 Å². The van der Waals surface area contributed by atoms with E-state index in [1.165, 1.54) is 122 Å². The van der Waals surface area contributed by atoms with Crippen LogP contribution in [0.1, 0.15) is 133 Å². The highest BCUT2D eigenvalue weighted by molar-refractivity contribution is 5.81. The molecule has 0 saturated heterocycles. The summed E-state index contributed by atoms with van der Waals surface area (Å²) in [6.45, 7) is 0. The Morgan fingerprint density at radius 2 is 0.594 bits per heavy atom. The van der Waals surface area contributed by atoms with Gasteiger partial charge in [0.25, 0.3) is 0 Å². The van der Waals surface area contributed by atoms with E-state index in [-0.39, 0.29) is 10.8 Å². The second kappa shape index (κ2) is 16.1. The van der Waals surface area contributed by atoms with Gasteiger partial charge in [0.05, 0.1) is 0 Å². The van der Waals surface area contributed by atoms with Crippen molar-refractivity contribution in [1.82, 2.24) is 0 Å². The van der Waals surface area contributed by atoms with Crippen LogP contribution >= 0.6 is 0 Å². The van der Waals surface area contributed by atoms with Crippen LogP contribution in [0, 0.1) is 34.5 Å². The first-order chi connectivity index (χ1) is 31.4. The summed E-state index contributed by atoms with van der Waals surface area (Å²) < 4.78 is 0. The maximum absolute atomic E-state index is 2.64. The highest BCUT2D eigenvalue weighted by Crippen LogP contribution is 2.79. The minimum absolute atomic E-state index is 0.278. The first-order valence-corrected chi connectivity index (χ1v) is 24.7. The van der Waals surface area contributed by atoms with Gasteiger partial charge in [-0.15, -0.1) is 0 Å². The molecule has 318 valence electrons. The van der Waals surface area contributed by atoms with Crippen molar-refractivity contribution in [2.45, 2.75) is 87.9 Å². The highest BCUT2D eigenvalue weighted by Gasteiger charge is 2.70. The molecule has 0 aliphatic heterocycles. The quantitative estimate of drug-likeness (QED) is 0.114. The predicted molar refractivity (Wildman–Crippen MR) is 272 cm³/mol. The van der Waals surface area contributed by atoms with Crippen LogP contribution in [0.15, 0.2) is 158 Å². The molecule has 0 spiro atoms. The molecule has 8 aliphatic carbocycles. The Kier molecular flexibility index (Phi) is 10.00. The van der Waals surface area contributed by atoms with E-state index in [0.29, 0.717) is 10.8 Å². The van der Waals surface area contributed by atoms with Crippen LogP contribution in [0.25, 0.3) is 48.6 Å². The Morgan fingerprint density at radius 3 is 0.906 bits per heavy atom. The van der Waals surface area contributed by atoms with Crippen molar-refractivity contribution in [3.05, 3.63) is 213 Å². The van der Waals surface area contributed by atoms with E-state index in [2.05, 4.69) is 206 Å². The molecule has 8 aliphatic rings. The molecule has 0 aromatic heterocycles. The molecule has 4 unspecified atom stereocenters. The van der Waals surface area contributed by atoms with E-state index in [4.69, 9.17) is 0 Å². The van der Waals surface area contributed by atoms with Gasteiger partial charge < -0.3 is 0 Å². The summed E-state index contributed by atoms with van der Waals surface area (Å²) in [5, 5.41) is 0. The topological polar surface area (TPSA) is 0 Å². The molecule has 8 fully saturated rings. The molecule has 6 aromatic rings. The average molecular weight is 831 g/mol. The molecule has 0 N–H and O–H groups in total. The van der Waals surface area contributed by atoms with Gasteiger partial charge in [-0.1, -0.05) is 206 Å². The van der Waals surface area contributed by atoms with Gasteiger partial charge in [-0.2, -0.15) is 0 Å². The average Bonchev–Trinajstić information content (AvgIpc) is 3.32. The molecule has 0 radical (unpaired) electrons. The van der Waals surface area contributed by atoms with E-state index >= 15 is 0 Å². The zero-order chi connectivity index (χ0) is 42.6. The summed E-state index contributed by atoms with van der Waals surface area (Å²) >= 11 is 0. The maximum Gasteiger partial charge on any atom is -0.00360 e. The van der Waals surface area contributed by atoms with Crippen molar-refractivity contribution in [2.24, 2.45) is 34.5 Å². The van der Waals surface area contributed by atoms with Crippen molar-refractivity contribution in [3.8, 4) is 0 Å². The Bertz CT molecular complexity index is 2530. The van der Waals surface area contributed by atoms with Crippen LogP contribution in [0.5, 0.6) is 0 Å². The van der Waals surface area contributed by atoms with Crippen molar-refractivity contribution in [2.75, 3.05) is 0 Å². The lowest BCUT2D eigenvalue weighted by Gasteiger charge is -2.74. The van der Waals surface area contributed by atoms with E-state index in [1.807, 2.05) is 0 Å². The molecule has 0 heteroatoms. The third-order valence-electron chi connectivity index (χ3n) is 17.7. The Morgan fingerprint density at radius 1 is 0.297 bits per heavy atom. The second-order valence-corrected chi connectivity index (χ2v) is 21.7. The summed E-state index contributed by atoms with van der Waals surface area (Å²) in [4.78, 5) is 0. The van der Waals surface area contributed by atoms with E-state index in [9.17, 15) is 0 Å². The maximum atomic E-state index is 2.64. The first kappa shape index (κ1) is 39.8. The lowest BCUT2D eigenvalue weighted by molar-refractivity contribution is -0.212. The largest absolute Gasteiger partial charge is 0.0622 e. The Balaban J connectivity index is 0.903. The molecule has 0 nitrogen and oxygen atoms in total. The first-order valence-electron chi connectivity index (χ1n) is 24.7. The van der Waals surface area contributed by atoms with Gasteiger partial charge in [0.2, 0.25) is 0 Å². The fourth-order valence-corrected chi connectivity index (χ4v) is 15.8. The number of hydrogen-bond acceptors (Lipinski definition) is 0. The van der Waals surface area contributed by atoms with Crippen LogP contribution in [0.2, 0.25) is 0 Å². The van der Waals surface area contributed by atoms with Gasteiger partial charge in [0.15, 0.2) is 0 Å². The van der Waals surface area contributed by atoms with Crippen molar-refractivity contribution < 1.29 is 0 Å². The van der Waals surface area contributed by atoms with Crippen LogP contribution in [-0.2, 0) is 10.8 Å². The minimum atomic E-state index is 0.278. The van der Waals surface area contributed by atoms with E-state index in [0.717, 1.165) is 23.7 Å². The fourth-order valence-electron chi connectivity index (χ4n) is 15.8. The van der Waals surface area contributed by atoms with Gasteiger partial charge >= 0.3 is 0 Å². The molecule has 64 heavy (non-hydrogen) atoms. The van der Waals surface area contributed by atoms with Gasteiger partial charge in [0, 0.05) is 0 Å². The fraction of sp³-hybridized carbons (Fsp3) is 0.312. The van der Waals surface area contributed by atoms with E-state index < -0.39 is 0 Å². The second-order valence-electron chi connectivity index (χ2n) is 21.7. The Labute approximate surface area is 382 Å². The summed E-state index contributed by atoms with van der Waals surface area (Å²) in [7, 11) is 0. The smallest absolute Gasteiger partial charge is 0.00360 e. The van der Waals surface area contributed by atoms with Gasteiger partial charge in [0.1, 0.15) is 0 Å². The third kappa shape index (κ3) is 7.32. The van der Waals surface area contributed by atoms with Crippen LogP contribution in [0.3, 0.4) is 0 Å². The summed E-state index contributed by atoms with van der Waals surface area (Å²) in [6.07, 6.45) is 35.9. The standard InChI is InChI=1S/C64H62/c1-5-13-47(14-6-1)21-25-55-29-31-59(35-57(55)27-23-49-17-9-3-10-18-49)61-37-51-33-52(38-61)42-63(41-51,45-61)64-43-53-34-54(44-64)40-62(39-53,46-64)60-32-30-56(26-22-48-15-7-2-8-16-48)58(36-60)28-24-50-19-11-4-12-20-50/h1-32,35-36,51-54H,33-34,37-46H2/b25-21+,26-22+,27-23+,28-24+. The molecular formula is C64H62. The predicted octanol–water partition coefficient (Wildman–Crippen LogP) is 16.7. The van der Waals surface area contributed by atoms with Gasteiger partial charge in [-0.25, -0.2) is 0 Å². The molecule has 6 aromatic carbocycles. The molecule has 4 atom stereocenters. The molecule has 8 saturated carbocycles. The van der Waals surface area contributed by atoms with Crippen LogP contribution in [-0.4, -0.2) is 0 Å². The number of benzene rings is 6. The summed E-state index contributed by atoms with van der Waals surface area (Å²) in [5.74, 6) is 3.43. The molecule has 0 amide bonds. The number of rotatable bonds is 11. The third-order valence-corrected chi connectivity index (χ3v) is 17.7. The zero-order valence-corrected chi connectivity index (χ0v) is 37.4. The zero-order valence-electron chi connectivity index (χ0n) is 37.4. The van der Waals surface area contributed by atoms with Crippen LogP contribution in [0.4, 0.5) is 0 Å². The van der Waals surface area contributed by atoms with Crippen molar-refractivity contribution in [1.29, 1.82) is 0 Å².